The maximum absolute atomic E-state index is 11.5. The Morgan fingerprint density at radius 3 is 1.69 bits per heavy atom. The molecule has 0 fully saturated rings. The summed E-state index contributed by atoms with van der Waals surface area (Å²) in [6, 6.07) is 6.13. The number of ether oxygens (including phenoxy) is 3. The molecular weight excluding hydrogens is 380 g/mol. The molecule has 0 atom stereocenters. The number of phenolic OH excluding ortho intramolecular Hbond substituents is 1. The summed E-state index contributed by atoms with van der Waals surface area (Å²) in [5.74, 6) is 1.31. The first kappa shape index (κ1) is 19.7. The Bertz CT molecular complexity index is 1280. The highest BCUT2D eigenvalue weighted by Crippen LogP contribution is 2.29. The van der Waals surface area contributed by atoms with Crippen molar-refractivity contribution < 1.29 is 19.3 Å². The Morgan fingerprint density at radius 2 is 1.17 bits per heavy atom. The van der Waals surface area contributed by atoms with Crippen LogP contribution in [0.4, 0.5) is 0 Å². The molecule has 0 saturated carbocycles. The monoisotopic (exact) mass is 398 g/mol. The molecular formula is C19H18N4O6. The van der Waals surface area contributed by atoms with Crippen LogP contribution < -0.4 is 25.3 Å². The molecule has 4 aromatic rings. The van der Waals surface area contributed by atoms with Gasteiger partial charge >= 0.3 is 0 Å². The number of aromatic hydroxyl groups is 1. The fourth-order valence-corrected chi connectivity index (χ4v) is 2.64. The predicted molar refractivity (Wildman–Crippen MR) is 106 cm³/mol. The van der Waals surface area contributed by atoms with Crippen molar-refractivity contribution in [1.82, 2.24) is 19.9 Å². The Hall–Kier alpha value is -4.08. The van der Waals surface area contributed by atoms with E-state index in [1.165, 1.54) is 46.1 Å². The van der Waals surface area contributed by atoms with Crippen LogP contribution >= 0.6 is 0 Å². The van der Waals surface area contributed by atoms with Crippen molar-refractivity contribution in [2.24, 2.45) is 0 Å². The average molecular weight is 398 g/mol. The van der Waals surface area contributed by atoms with Crippen LogP contribution in [-0.2, 0) is 0 Å². The van der Waals surface area contributed by atoms with Crippen molar-refractivity contribution in [1.29, 1.82) is 0 Å². The normalized spacial score (nSPS) is 10.3. The summed E-state index contributed by atoms with van der Waals surface area (Å²) in [5.41, 5.74) is 0.591. The Morgan fingerprint density at radius 1 is 0.724 bits per heavy atom. The fraction of sp³-hybridized carbons (Fsp3) is 0.158. The van der Waals surface area contributed by atoms with Crippen LogP contribution in [0.2, 0.25) is 0 Å². The first-order valence-electron chi connectivity index (χ1n) is 8.32. The van der Waals surface area contributed by atoms with E-state index in [0.29, 0.717) is 39.1 Å². The minimum absolute atomic E-state index is 0.0708. The van der Waals surface area contributed by atoms with Crippen LogP contribution in [0.5, 0.6) is 23.0 Å². The van der Waals surface area contributed by atoms with Crippen molar-refractivity contribution in [3.05, 3.63) is 57.6 Å². The summed E-state index contributed by atoms with van der Waals surface area (Å²) in [6.07, 6.45) is 2.66. The van der Waals surface area contributed by atoms with E-state index in [0.717, 1.165) is 0 Å². The maximum Gasteiger partial charge on any atom is 0.258 e. The standard InChI is InChI=1S/C10H10N2O3.C9H8N2O3/c1-14-8-3-6-7(4-9(8)15-2)11-5-12-10(6)13;1-14-8-3-6-5(2-7(8)12)9(13)11-4-10-6/h3-5H,1-2H3,(H,11,12,13);2-4,12H,1H3,(H,10,11,13). The van der Waals surface area contributed by atoms with Crippen LogP contribution in [0.25, 0.3) is 21.8 Å². The average Bonchev–Trinajstić information content (AvgIpc) is 2.74. The van der Waals surface area contributed by atoms with Gasteiger partial charge in [-0.3, -0.25) is 9.59 Å². The number of hydrogen-bond donors (Lipinski definition) is 3. The highest BCUT2D eigenvalue weighted by atomic mass is 16.5. The number of hydrogen-bond acceptors (Lipinski definition) is 8. The van der Waals surface area contributed by atoms with Gasteiger partial charge in [0.15, 0.2) is 23.0 Å². The van der Waals surface area contributed by atoms with Crippen molar-refractivity contribution in [3.63, 3.8) is 0 Å². The van der Waals surface area contributed by atoms with E-state index in [-0.39, 0.29) is 16.9 Å². The van der Waals surface area contributed by atoms with E-state index in [4.69, 9.17) is 14.2 Å². The molecule has 0 aliphatic heterocycles. The van der Waals surface area contributed by atoms with Gasteiger partial charge in [-0.1, -0.05) is 0 Å². The number of nitrogens with zero attached hydrogens (tertiary/aromatic N) is 2. The van der Waals surface area contributed by atoms with Gasteiger partial charge < -0.3 is 29.3 Å². The number of rotatable bonds is 3. The van der Waals surface area contributed by atoms with Gasteiger partial charge in [-0.05, 0) is 12.1 Å². The van der Waals surface area contributed by atoms with Gasteiger partial charge in [0, 0.05) is 12.1 Å². The number of H-pyrrole nitrogens is 2. The molecule has 4 rings (SSSR count). The molecule has 0 saturated heterocycles. The number of methoxy groups -OCH3 is 3. The Balaban J connectivity index is 0.000000166. The fourth-order valence-electron chi connectivity index (χ4n) is 2.64. The second kappa shape index (κ2) is 8.30. The zero-order valence-electron chi connectivity index (χ0n) is 15.8. The van der Waals surface area contributed by atoms with Crippen molar-refractivity contribution in [3.8, 4) is 23.0 Å². The summed E-state index contributed by atoms with van der Waals surface area (Å²) in [5, 5.41) is 10.2. The quantitative estimate of drug-likeness (QED) is 0.473. The lowest BCUT2D eigenvalue weighted by atomic mass is 10.2. The second-order valence-corrected chi connectivity index (χ2v) is 5.73. The van der Waals surface area contributed by atoms with Crippen molar-refractivity contribution >= 4 is 21.8 Å². The first-order chi connectivity index (χ1) is 14.0. The van der Waals surface area contributed by atoms with Crippen LogP contribution in [0.3, 0.4) is 0 Å². The highest BCUT2D eigenvalue weighted by molar-refractivity contribution is 5.82. The molecule has 0 amide bonds. The third-order valence-corrected chi connectivity index (χ3v) is 4.09. The molecule has 0 aliphatic rings. The number of nitrogens with one attached hydrogen (secondary N) is 2. The van der Waals surface area contributed by atoms with Gasteiger partial charge in [0.25, 0.3) is 11.1 Å². The number of fused-ring (bicyclic) bond motifs is 2. The molecule has 0 bridgehead atoms. The van der Waals surface area contributed by atoms with E-state index in [2.05, 4.69) is 19.9 Å². The van der Waals surface area contributed by atoms with Gasteiger partial charge in [-0.2, -0.15) is 0 Å². The number of aromatic nitrogens is 4. The van der Waals surface area contributed by atoms with Gasteiger partial charge in [0.2, 0.25) is 0 Å². The Kier molecular flexibility index (Phi) is 5.63. The molecule has 2 aromatic carbocycles. The summed E-state index contributed by atoms with van der Waals surface area (Å²) >= 11 is 0. The molecule has 29 heavy (non-hydrogen) atoms. The molecule has 0 radical (unpaired) electrons. The smallest absolute Gasteiger partial charge is 0.258 e. The zero-order chi connectivity index (χ0) is 21.0. The Labute approximate surface area is 163 Å². The largest absolute Gasteiger partial charge is 0.504 e. The van der Waals surface area contributed by atoms with E-state index in [1.54, 1.807) is 12.1 Å². The molecule has 0 spiro atoms. The second-order valence-electron chi connectivity index (χ2n) is 5.73. The van der Waals surface area contributed by atoms with Crippen LogP contribution in [0.1, 0.15) is 0 Å². The van der Waals surface area contributed by atoms with Gasteiger partial charge in [0.05, 0.1) is 55.8 Å². The summed E-state index contributed by atoms with van der Waals surface area (Å²) < 4.78 is 15.1. The van der Waals surface area contributed by atoms with Crippen molar-refractivity contribution in [2.75, 3.05) is 21.3 Å². The summed E-state index contributed by atoms with van der Waals surface area (Å²) in [6.45, 7) is 0. The third-order valence-electron chi connectivity index (χ3n) is 4.09. The molecule has 0 unspecified atom stereocenters. The highest BCUT2D eigenvalue weighted by Gasteiger charge is 2.08. The molecule has 2 heterocycles. The topological polar surface area (TPSA) is 139 Å². The minimum atomic E-state index is -0.284. The van der Waals surface area contributed by atoms with Gasteiger partial charge in [0.1, 0.15) is 0 Å². The number of benzene rings is 2. The van der Waals surface area contributed by atoms with Crippen LogP contribution in [0, 0.1) is 0 Å². The van der Waals surface area contributed by atoms with Gasteiger partial charge in [-0.25, -0.2) is 9.97 Å². The summed E-state index contributed by atoms with van der Waals surface area (Å²) in [7, 11) is 4.50. The maximum atomic E-state index is 11.5. The number of aromatic amines is 2. The van der Waals surface area contributed by atoms with E-state index in [1.807, 2.05) is 0 Å². The first-order valence-corrected chi connectivity index (χ1v) is 8.32. The van der Waals surface area contributed by atoms with Gasteiger partial charge in [-0.15, -0.1) is 0 Å². The SMILES string of the molecule is COc1cc2nc[nH]c(=O)c2cc1O.COc1cc2nc[nH]c(=O)c2cc1OC. The third kappa shape index (κ3) is 3.95. The van der Waals surface area contributed by atoms with Crippen LogP contribution in [0.15, 0.2) is 46.5 Å². The molecule has 2 aromatic heterocycles. The lowest BCUT2D eigenvalue weighted by Gasteiger charge is -2.07. The molecule has 3 N–H and O–H groups in total. The zero-order valence-corrected chi connectivity index (χ0v) is 15.8. The van der Waals surface area contributed by atoms with E-state index >= 15 is 0 Å². The number of phenols is 1. The molecule has 0 aliphatic carbocycles. The summed E-state index contributed by atoms with van der Waals surface area (Å²) in [4.78, 5) is 35.6. The molecule has 10 heteroatoms. The molecule has 10 nitrogen and oxygen atoms in total. The lowest BCUT2D eigenvalue weighted by molar-refractivity contribution is 0.355. The van der Waals surface area contributed by atoms with E-state index < -0.39 is 0 Å². The van der Waals surface area contributed by atoms with Crippen molar-refractivity contribution in [2.45, 2.75) is 0 Å². The van der Waals surface area contributed by atoms with Crippen LogP contribution in [-0.4, -0.2) is 46.4 Å². The molecule has 150 valence electrons. The lowest BCUT2D eigenvalue weighted by Crippen LogP contribution is -2.06. The minimum Gasteiger partial charge on any atom is -0.504 e. The van der Waals surface area contributed by atoms with E-state index in [9.17, 15) is 14.7 Å². The predicted octanol–water partition coefficient (Wildman–Crippen LogP) is 1.58.